The SMILES string of the molecule is COc1nn(C)cc1C(=O)N1CCN(c2nc(C3CC3)c(F)c(=O)[nH]2)CC1. The number of carbonyl (C=O) groups is 1. The third-order valence-electron chi connectivity index (χ3n) is 4.93. The van der Waals surface area contributed by atoms with Gasteiger partial charge in [-0.2, -0.15) is 4.39 Å². The predicted octanol–water partition coefficient (Wildman–Crippen LogP) is 0.491. The number of rotatable bonds is 4. The number of carbonyl (C=O) groups excluding carboxylic acids is 1. The average Bonchev–Trinajstić information content (AvgIpc) is 3.45. The van der Waals surface area contributed by atoms with Crippen molar-refractivity contribution in [2.75, 3.05) is 38.2 Å². The van der Waals surface area contributed by atoms with Crippen LogP contribution in [-0.4, -0.2) is 63.8 Å². The highest BCUT2D eigenvalue weighted by atomic mass is 19.1. The van der Waals surface area contributed by atoms with Crippen molar-refractivity contribution in [3.05, 3.63) is 33.6 Å². The summed E-state index contributed by atoms with van der Waals surface area (Å²) in [5.74, 6) is -0.220. The molecule has 1 aliphatic carbocycles. The topological polar surface area (TPSA) is 96.3 Å². The number of anilines is 1. The summed E-state index contributed by atoms with van der Waals surface area (Å²) < 4.78 is 20.7. The number of hydrogen-bond acceptors (Lipinski definition) is 6. The number of amides is 1. The molecule has 3 heterocycles. The number of ether oxygens (including phenoxy) is 1. The molecule has 4 rings (SSSR count). The molecule has 1 N–H and O–H groups in total. The number of H-pyrrole nitrogens is 1. The van der Waals surface area contributed by atoms with Gasteiger partial charge < -0.3 is 14.5 Å². The maximum absolute atomic E-state index is 14.0. The van der Waals surface area contributed by atoms with Gasteiger partial charge in [-0.05, 0) is 12.8 Å². The van der Waals surface area contributed by atoms with Crippen LogP contribution in [-0.2, 0) is 7.05 Å². The first-order valence-electron chi connectivity index (χ1n) is 8.89. The van der Waals surface area contributed by atoms with Gasteiger partial charge in [0.2, 0.25) is 17.6 Å². The summed E-state index contributed by atoms with van der Waals surface area (Å²) in [6, 6.07) is 0. The molecule has 0 spiro atoms. The Hall–Kier alpha value is -2.91. The van der Waals surface area contributed by atoms with Gasteiger partial charge in [0.15, 0.2) is 0 Å². The number of aromatic amines is 1. The van der Waals surface area contributed by atoms with E-state index in [9.17, 15) is 14.0 Å². The minimum atomic E-state index is -0.779. The summed E-state index contributed by atoms with van der Waals surface area (Å²) in [7, 11) is 3.20. The maximum atomic E-state index is 14.0. The van der Waals surface area contributed by atoms with E-state index in [0.717, 1.165) is 12.8 Å². The monoisotopic (exact) mass is 376 g/mol. The van der Waals surface area contributed by atoms with Crippen LogP contribution < -0.4 is 15.2 Å². The molecule has 144 valence electrons. The average molecular weight is 376 g/mol. The fourth-order valence-corrected chi connectivity index (χ4v) is 3.30. The van der Waals surface area contributed by atoms with Crippen molar-refractivity contribution in [3.8, 4) is 5.88 Å². The molecule has 0 aromatic carbocycles. The van der Waals surface area contributed by atoms with E-state index in [1.165, 1.54) is 11.8 Å². The number of aromatic nitrogens is 4. The van der Waals surface area contributed by atoms with E-state index in [2.05, 4.69) is 15.1 Å². The second kappa shape index (κ2) is 6.67. The van der Waals surface area contributed by atoms with E-state index in [-0.39, 0.29) is 17.5 Å². The second-order valence-electron chi connectivity index (χ2n) is 6.87. The molecule has 0 unspecified atom stereocenters. The Morgan fingerprint density at radius 3 is 2.63 bits per heavy atom. The quantitative estimate of drug-likeness (QED) is 0.834. The minimum absolute atomic E-state index is 0.0481. The fourth-order valence-electron chi connectivity index (χ4n) is 3.30. The van der Waals surface area contributed by atoms with Gasteiger partial charge >= 0.3 is 0 Å². The Kier molecular flexibility index (Phi) is 4.33. The van der Waals surface area contributed by atoms with Crippen LogP contribution in [0.5, 0.6) is 5.88 Å². The van der Waals surface area contributed by atoms with Gasteiger partial charge in [-0.25, -0.2) is 4.98 Å². The van der Waals surface area contributed by atoms with Crippen LogP contribution >= 0.6 is 0 Å². The lowest BCUT2D eigenvalue weighted by Gasteiger charge is -2.35. The molecule has 0 radical (unpaired) electrons. The van der Waals surface area contributed by atoms with Gasteiger partial charge in [0.1, 0.15) is 5.56 Å². The number of nitrogens with one attached hydrogen (secondary N) is 1. The molecule has 2 aromatic heterocycles. The van der Waals surface area contributed by atoms with E-state index in [1.807, 2.05) is 4.90 Å². The van der Waals surface area contributed by atoms with E-state index < -0.39 is 11.4 Å². The Bertz CT molecular complexity index is 927. The van der Waals surface area contributed by atoms with Gasteiger partial charge in [0.25, 0.3) is 11.5 Å². The highest BCUT2D eigenvalue weighted by Gasteiger charge is 2.32. The first-order chi connectivity index (χ1) is 13.0. The van der Waals surface area contributed by atoms with E-state index in [0.29, 0.717) is 43.6 Å². The molecule has 1 saturated carbocycles. The summed E-state index contributed by atoms with van der Waals surface area (Å²) in [5.41, 5.74) is -0.0642. The molecule has 2 aliphatic rings. The van der Waals surface area contributed by atoms with Crippen LogP contribution in [0, 0.1) is 5.82 Å². The third-order valence-corrected chi connectivity index (χ3v) is 4.93. The summed E-state index contributed by atoms with van der Waals surface area (Å²) >= 11 is 0. The van der Waals surface area contributed by atoms with Gasteiger partial charge in [-0.3, -0.25) is 19.3 Å². The molecule has 0 atom stereocenters. The van der Waals surface area contributed by atoms with E-state index in [1.54, 1.807) is 18.1 Å². The number of halogens is 1. The van der Waals surface area contributed by atoms with Crippen LogP contribution in [0.4, 0.5) is 10.3 Å². The number of aryl methyl sites for hydroxylation is 1. The lowest BCUT2D eigenvalue weighted by Crippen LogP contribution is -2.49. The molecular formula is C17H21FN6O3. The van der Waals surface area contributed by atoms with Gasteiger partial charge in [-0.1, -0.05) is 0 Å². The zero-order valence-corrected chi connectivity index (χ0v) is 15.2. The van der Waals surface area contributed by atoms with Gasteiger partial charge in [0, 0.05) is 45.3 Å². The summed E-state index contributed by atoms with van der Waals surface area (Å²) in [4.78, 5) is 35.0. The number of piperazine rings is 1. The molecule has 1 amide bonds. The molecule has 27 heavy (non-hydrogen) atoms. The van der Waals surface area contributed by atoms with Crippen molar-refractivity contribution in [2.45, 2.75) is 18.8 Å². The summed E-state index contributed by atoms with van der Waals surface area (Å²) in [5, 5.41) is 4.11. The minimum Gasteiger partial charge on any atom is -0.479 e. The highest BCUT2D eigenvalue weighted by Crippen LogP contribution is 2.39. The lowest BCUT2D eigenvalue weighted by molar-refractivity contribution is 0.0742. The molecule has 1 aliphatic heterocycles. The molecule has 0 bridgehead atoms. The highest BCUT2D eigenvalue weighted by molar-refractivity contribution is 5.96. The van der Waals surface area contributed by atoms with Crippen molar-refractivity contribution in [2.24, 2.45) is 7.05 Å². The van der Waals surface area contributed by atoms with E-state index in [4.69, 9.17) is 4.74 Å². The molecule has 9 nitrogen and oxygen atoms in total. The molecule has 2 fully saturated rings. The van der Waals surface area contributed by atoms with Gasteiger partial charge in [-0.15, -0.1) is 5.10 Å². The Morgan fingerprint density at radius 1 is 1.30 bits per heavy atom. The van der Waals surface area contributed by atoms with Crippen LogP contribution in [0.15, 0.2) is 11.0 Å². The van der Waals surface area contributed by atoms with Crippen molar-refractivity contribution >= 4 is 11.9 Å². The summed E-state index contributed by atoms with van der Waals surface area (Å²) in [6.07, 6.45) is 3.36. The lowest BCUT2D eigenvalue weighted by atomic mass is 10.2. The van der Waals surface area contributed by atoms with Crippen LogP contribution in [0.1, 0.15) is 34.8 Å². The molecular weight excluding hydrogens is 355 g/mol. The molecule has 10 heteroatoms. The van der Waals surface area contributed by atoms with Crippen molar-refractivity contribution in [1.82, 2.24) is 24.6 Å². The zero-order valence-electron chi connectivity index (χ0n) is 15.2. The normalized spacial score (nSPS) is 17.3. The molecule has 2 aromatic rings. The number of methoxy groups -OCH3 is 1. The largest absolute Gasteiger partial charge is 0.479 e. The molecule has 1 saturated heterocycles. The van der Waals surface area contributed by atoms with Crippen LogP contribution in [0.2, 0.25) is 0 Å². The van der Waals surface area contributed by atoms with Crippen LogP contribution in [0.25, 0.3) is 0 Å². The Labute approximate surface area is 154 Å². The second-order valence-corrected chi connectivity index (χ2v) is 6.87. The Morgan fingerprint density at radius 2 is 2.00 bits per heavy atom. The smallest absolute Gasteiger partial charge is 0.288 e. The van der Waals surface area contributed by atoms with Crippen LogP contribution in [0.3, 0.4) is 0 Å². The van der Waals surface area contributed by atoms with Crippen molar-refractivity contribution in [3.63, 3.8) is 0 Å². The number of nitrogens with zero attached hydrogens (tertiary/aromatic N) is 5. The van der Waals surface area contributed by atoms with Crippen molar-refractivity contribution in [1.29, 1.82) is 0 Å². The predicted molar refractivity (Wildman–Crippen MR) is 94.7 cm³/mol. The first kappa shape index (κ1) is 17.5. The number of hydrogen-bond donors (Lipinski definition) is 1. The fraction of sp³-hybridized carbons (Fsp3) is 0.529. The van der Waals surface area contributed by atoms with E-state index >= 15 is 0 Å². The van der Waals surface area contributed by atoms with Crippen molar-refractivity contribution < 1.29 is 13.9 Å². The zero-order chi connectivity index (χ0) is 19.1. The van der Waals surface area contributed by atoms with Gasteiger partial charge in [0.05, 0.1) is 12.8 Å². The standard InChI is InChI=1S/C17H21FN6O3/c1-22-9-11(15(21-22)27-2)16(26)23-5-7-24(8-6-23)17-19-13(10-3-4-10)12(18)14(25)20-17/h9-10H,3-8H2,1-2H3,(H,19,20,25). The maximum Gasteiger partial charge on any atom is 0.288 e. The Balaban J connectivity index is 1.48. The third kappa shape index (κ3) is 3.26. The summed E-state index contributed by atoms with van der Waals surface area (Å²) in [6.45, 7) is 1.90. The first-order valence-corrected chi connectivity index (χ1v) is 8.89.